The average molecular weight is 575 g/mol. The highest BCUT2D eigenvalue weighted by molar-refractivity contribution is 7.91. The summed E-state index contributed by atoms with van der Waals surface area (Å²) in [6, 6.07) is 11.1. The lowest BCUT2D eigenvalue weighted by Crippen LogP contribution is -2.22. The Hall–Kier alpha value is -3.14. The van der Waals surface area contributed by atoms with Crippen molar-refractivity contribution in [3.8, 4) is 11.5 Å². The van der Waals surface area contributed by atoms with Gasteiger partial charge in [0, 0.05) is 6.42 Å². The summed E-state index contributed by atoms with van der Waals surface area (Å²) >= 11 is 0. The Labute approximate surface area is 208 Å². The minimum Gasteiger partial charge on any atom is -0.493 e. The standard InChI is InChI=1S/C21H20F6N2O6S2/c1-14(28-36(30,31)20(22,23)24)16-4-8-18(9-5-16)34-12-3-13-35-19-10-6-17(7-11-19)15(2)29-37(32,33)21(25,26)27/h4-11H,3,12-13H2,1-2H3. The number of rotatable bonds is 10. The van der Waals surface area contributed by atoms with Gasteiger partial charge in [0.1, 0.15) is 11.5 Å². The number of benzene rings is 2. The van der Waals surface area contributed by atoms with Crippen molar-refractivity contribution in [3.05, 3.63) is 59.7 Å². The highest BCUT2D eigenvalue weighted by Gasteiger charge is 2.46. The van der Waals surface area contributed by atoms with Crippen LogP contribution < -0.4 is 9.47 Å². The Morgan fingerprint density at radius 1 is 0.649 bits per heavy atom. The number of nitrogens with zero attached hydrogens (tertiary/aromatic N) is 2. The second-order valence-corrected chi connectivity index (χ2v) is 10.5. The summed E-state index contributed by atoms with van der Waals surface area (Å²) in [5, 5.41) is 0. The van der Waals surface area contributed by atoms with E-state index >= 15 is 0 Å². The summed E-state index contributed by atoms with van der Waals surface area (Å²) in [5.74, 6) is 0.728. The van der Waals surface area contributed by atoms with Crippen LogP contribution >= 0.6 is 0 Å². The molecule has 0 radical (unpaired) electrons. The molecular formula is C21H20F6N2O6S2. The molecule has 0 saturated heterocycles. The van der Waals surface area contributed by atoms with E-state index in [2.05, 4.69) is 8.80 Å². The first-order chi connectivity index (χ1) is 16.9. The van der Waals surface area contributed by atoms with Crippen molar-refractivity contribution < 1.29 is 52.7 Å². The fraction of sp³-hybridized carbons (Fsp3) is 0.333. The monoisotopic (exact) mass is 574 g/mol. The van der Waals surface area contributed by atoms with Crippen LogP contribution in [0.1, 0.15) is 31.4 Å². The van der Waals surface area contributed by atoms with Crippen molar-refractivity contribution in [1.29, 1.82) is 0 Å². The molecule has 0 saturated carbocycles. The molecule has 0 N–H and O–H groups in total. The fourth-order valence-corrected chi connectivity index (χ4v) is 3.73. The number of hydrogen-bond donors (Lipinski definition) is 0. The molecule has 0 bridgehead atoms. The summed E-state index contributed by atoms with van der Waals surface area (Å²) in [6.45, 7) is 2.63. The minimum atomic E-state index is -5.65. The molecule has 2 rings (SSSR count). The third-order valence-corrected chi connectivity index (χ3v) is 6.67. The third-order valence-electron chi connectivity index (χ3n) is 4.47. The summed E-state index contributed by atoms with van der Waals surface area (Å²) in [6.07, 6.45) is 0.401. The van der Waals surface area contributed by atoms with Gasteiger partial charge in [-0.1, -0.05) is 0 Å². The molecule has 0 aromatic heterocycles. The maximum atomic E-state index is 12.4. The molecular weight excluding hydrogens is 554 g/mol. The SMILES string of the molecule is CC(=NS(=O)(=O)C(F)(F)F)c1ccc(OCCCOc2ccc(C(C)=NS(=O)(=O)C(F)(F)F)cc2)cc1. The van der Waals surface area contributed by atoms with E-state index in [1.165, 1.54) is 48.5 Å². The molecule has 0 atom stereocenters. The lowest BCUT2D eigenvalue weighted by molar-refractivity contribution is -0.0441. The predicted molar refractivity (Wildman–Crippen MR) is 123 cm³/mol. The molecule has 0 aliphatic heterocycles. The van der Waals surface area contributed by atoms with Gasteiger partial charge >= 0.3 is 31.1 Å². The Morgan fingerprint density at radius 3 is 1.22 bits per heavy atom. The van der Waals surface area contributed by atoms with Crippen molar-refractivity contribution in [2.45, 2.75) is 31.3 Å². The van der Waals surface area contributed by atoms with Gasteiger partial charge in [-0.25, -0.2) is 0 Å². The molecule has 0 heterocycles. The molecule has 16 heteroatoms. The van der Waals surface area contributed by atoms with Gasteiger partial charge in [0.15, 0.2) is 0 Å². The zero-order chi connectivity index (χ0) is 28.1. The maximum Gasteiger partial charge on any atom is 0.518 e. The fourth-order valence-electron chi connectivity index (χ4n) is 2.59. The number of ether oxygens (including phenoxy) is 2. The van der Waals surface area contributed by atoms with Crippen LogP contribution in [0.2, 0.25) is 0 Å². The first-order valence-electron chi connectivity index (χ1n) is 10.1. The van der Waals surface area contributed by atoms with Crippen LogP contribution in [-0.2, 0) is 20.0 Å². The largest absolute Gasteiger partial charge is 0.518 e. The van der Waals surface area contributed by atoms with Crippen molar-refractivity contribution in [1.82, 2.24) is 0 Å². The zero-order valence-electron chi connectivity index (χ0n) is 19.2. The smallest absolute Gasteiger partial charge is 0.493 e. The summed E-state index contributed by atoms with van der Waals surface area (Å²) in [7, 11) is -11.3. The number of hydrogen-bond acceptors (Lipinski definition) is 6. The lowest BCUT2D eigenvalue weighted by Gasteiger charge is -2.10. The van der Waals surface area contributed by atoms with Gasteiger partial charge < -0.3 is 9.47 Å². The van der Waals surface area contributed by atoms with Gasteiger partial charge in [0.25, 0.3) is 0 Å². The molecule has 0 fully saturated rings. The molecule has 204 valence electrons. The van der Waals surface area contributed by atoms with E-state index in [9.17, 15) is 43.2 Å². The van der Waals surface area contributed by atoms with Crippen molar-refractivity contribution in [3.63, 3.8) is 0 Å². The van der Waals surface area contributed by atoms with E-state index in [4.69, 9.17) is 9.47 Å². The topological polar surface area (TPSA) is 111 Å². The van der Waals surface area contributed by atoms with Crippen LogP contribution in [0, 0.1) is 0 Å². The number of sulfonamides is 2. The first kappa shape index (κ1) is 30.1. The van der Waals surface area contributed by atoms with E-state index in [1.54, 1.807) is 0 Å². The van der Waals surface area contributed by atoms with E-state index in [-0.39, 0.29) is 35.8 Å². The lowest BCUT2D eigenvalue weighted by atomic mass is 10.1. The van der Waals surface area contributed by atoms with E-state index in [1.807, 2.05) is 0 Å². The third kappa shape index (κ3) is 8.45. The van der Waals surface area contributed by atoms with Gasteiger partial charge in [-0.05, 0) is 73.5 Å². The van der Waals surface area contributed by atoms with Crippen LogP contribution in [0.25, 0.3) is 0 Å². The van der Waals surface area contributed by atoms with Crippen LogP contribution in [0.4, 0.5) is 26.3 Å². The van der Waals surface area contributed by atoms with Gasteiger partial charge in [0.05, 0.1) is 24.6 Å². The first-order valence-corrected chi connectivity index (χ1v) is 13.0. The second-order valence-electron chi connectivity index (χ2n) is 7.29. The Kier molecular flexibility index (Phi) is 9.35. The van der Waals surface area contributed by atoms with Crippen LogP contribution in [0.15, 0.2) is 57.3 Å². The van der Waals surface area contributed by atoms with Crippen LogP contribution in [0.3, 0.4) is 0 Å². The summed E-state index contributed by atoms with van der Waals surface area (Å²) in [5.41, 5.74) is -11.4. The summed E-state index contributed by atoms with van der Waals surface area (Å²) in [4.78, 5) is 0. The predicted octanol–water partition coefficient (Wildman–Crippen LogP) is 4.85. The molecule has 0 spiro atoms. The Morgan fingerprint density at radius 2 is 0.946 bits per heavy atom. The van der Waals surface area contributed by atoms with Gasteiger partial charge in [0.2, 0.25) is 0 Å². The van der Waals surface area contributed by atoms with Crippen LogP contribution in [-0.4, -0.2) is 52.5 Å². The highest BCUT2D eigenvalue weighted by Crippen LogP contribution is 2.26. The highest BCUT2D eigenvalue weighted by atomic mass is 32.2. The Bertz CT molecular complexity index is 1240. The quantitative estimate of drug-likeness (QED) is 0.228. The van der Waals surface area contributed by atoms with Crippen molar-refractivity contribution in [2.24, 2.45) is 8.80 Å². The Balaban J connectivity index is 1.85. The normalized spacial score (nSPS) is 13.9. The van der Waals surface area contributed by atoms with Gasteiger partial charge in [-0.15, -0.1) is 0 Å². The molecule has 2 aromatic carbocycles. The van der Waals surface area contributed by atoms with Gasteiger partial charge in [-0.3, -0.25) is 0 Å². The van der Waals surface area contributed by atoms with Crippen molar-refractivity contribution >= 4 is 31.5 Å². The zero-order valence-corrected chi connectivity index (χ0v) is 20.8. The molecule has 0 amide bonds. The van der Waals surface area contributed by atoms with Crippen molar-refractivity contribution in [2.75, 3.05) is 13.2 Å². The number of halogens is 6. The van der Waals surface area contributed by atoms with E-state index < -0.39 is 31.1 Å². The number of alkyl halides is 6. The maximum absolute atomic E-state index is 12.4. The molecule has 37 heavy (non-hydrogen) atoms. The van der Waals surface area contributed by atoms with Crippen LogP contribution in [0.5, 0.6) is 11.5 Å². The average Bonchev–Trinajstić information content (AvgIpc) is 2.77. The van der Waals surface area contributed by atoms with E-state index in [0.29, 0.717) is 17.9 Å². The van der Waals surface area contributed by atoms with E-state index in [0.717, 1.165) is 13.8 Å². The molecule has 0 aliphatic rings. The molecule has 2 aromatic rings. The summed E-state index contributed by atoms with van der Waals surface area (Å²) < 4.78 is 136. The molecule has 8 nitrogen and oxygen atoms in total. The molecule has 0 aliphatic carbocycles. The second kappa shape index (κ2) is 11.5. The van der Waals surface area contributed by atoms with Gasteiger partial charge in [-0.2, -0.15) is 52.0 Å². The molecule has 0 unspecified atom stereocenters. The minimum absolute atomic E-state index is 0.156.